The van der Waals surface area contributed by atoms with Gasteiger partial charge in [0.1, 0.15) is 73.8 Å². The number of carbonyl (C=O) groups excluding carboxylic acids is 20. The van der Waals surface area contributed by atoms with Crippen molar-refractivity contribution in [2.45, 2.75) is 64.2 Å². The van der Waals surface area contributed by atoms with Crippen molar-refractivity contribution in [1.82, 2.24) is 9.97 Å². The molecule has 10 aliphatic heterocycles. The Bertz CT molecular complexity index is 7480. The van der Waals surface area contributed by atoms with Crippen LogP contribution < -0.4 is 116 Å². The molecule has 149 heavy (non-hydrogen) atoms. The summed E-state index contributed by atoms with van der Waals surface area (Å²) in [6.45, 7) is 14.5. The van der Waals surface area contributed by atoms with Crippen LogP contribution in [-0.2, 0) is 95.9 Å². The van der Waals surface area contributed by atoms with E-state index < -0.39 is 209 Å². The van der Waals surface area contributed by atoms with Crippen molar-refractivity contribution in [3.63, 3.8) is 0 Å². The molecular formula is C99H78N26O24. The predicted molar refractivity (Wildman–Crippen MR) is 526 cm³/mol. The normalized spacial score (nSPS) is 19.2. The number of aromatic hydroxyl groups is 2. The number of imide groups is 10. The average molecular weight is 2020 g/mol. The van der Waals surface area contributed by atoms with Gasteiger partial charge in [0.2, 0.25) is 76.4 Å². The van der Waals surface area contributed by atoms with Crippen LogP contribution in [0.2, 0.25) is 0 Å². The minimum Gasteiger partial charge on any atom is -0.506 e. The lowest BCUT2D eigenvalue weighted by Gasteiger charge is -2.22. The highest BCUT2D eigenvalue weighted by molar-refractivity contribution is 6.43. The fourth-order valence-corrected chi connectivity index (χ4v) is 18.8. The molecule has 10 aliphatic rings. The predicted octanol–water partition coefficient (Wildman–Crippen LogP) is 4.38. The van der Waals surface area contributed by atoms with E-state index in [0.29, 0.717) is 22.7 Å². The first-order chi connectivity index (χ1) is 70.7. The summed E-state index contributed by atoms with van der Waals surface area (Å²) in [6.07, 6.45) is -2.07. The number of methoxy groups -OCH3 is 2. The first-order valence-corrected chi connectivity index (χ1v) is 44.0. The largest absolute Gasteiger partial charge is 0.506 e. The van der Waals surface area contributed by atoms with E-state index in [2.05, 4.69) is 19.7 Å². The van der Waals surface area contributed by atoms with Crippen molar-refractivity contribution in [1.29, 1.82) is 10.5 Å². The number of nitrogens with zero attached hydrogens (tertiary/aromatic N) is 16. The molecule has 0 radical (unpaired) electrons. The molecular weight excluding hydrogens is 1940 g/mol. The molecule has 10 saturated heterocycles. The Balaban J connectivity index is 0.000000133. The smallest absolute Gasteiger partial charge is 0.251 e. The molecule has 10 aromatic rings. The fourth-order valence-electron chi connectivity index (χ4n) is 18.8. The molecule has 748 valence electrons. The molecule has 2 aromatic heterocycles. The SMILES string of the molecule is COc1cc(N)ccc1N1C(=O)CC2(CC(=O)N(c3ccc(N)cc3OC)C2=O)C1=O.Nc1ccc(N2C(=O)CC3(CC(=O)N(c4ccc(N)c(O)c4)C3=O)C2=O)cc1O.Nc1ccc(N2C(=O)CC3(CC(=O)N(c4ccc(N)cn4)C3=O)C2=O)nc1.[C-]#[N+]c1cc(N)ccc1N1C(=O)C[C@]2(CC(=O)N(c3ccc(N)cc3C#N)C2=O)C1=O.[C-]#[N+]c1cc(N2C(=O)C[C@]3(CC(=O)N(c4ccc(N)c(C#N)c4)C3=O)C2=O)ccc1N. The van der Waals surface area contributed by atoms with Crippen molar-refractivity contribution >= 4 is 244 Å². The molecule has 20 amide bonds. The third-order valence-corrected chi connectivity index (χ3v) is 26.1. The summed E-state index contributed by atoms with van der Waals surface area (Å²) >= 11 is 0. The number of nitrogen functional groups attached to an aromatic ring is 10. The molecule has 50 nitrogen and oxygen atoms in total. The van der Waals surface area contributed by atoms with Gasteiger partial charge in [-0.05, 0) is 146 Å². The minimum atomic E-state index is -1.93. The number of anilines is 20. The maximum atomic E-state index is 13.4. The molecule has 0 aliphatic carbocycles. The lowest BCUT2D eigenvalue weighted by atomic mass is 9.84. The Labute approximate surface area is 838 Å². The topological polar surface area (TPSA) is 775 Å². The average Bonchev–Trinajstić information content (AvgIpc) is 1.56. The number of amides is 20. The maximum absolute atomic E-state index is 13.4. The summed E-state index contributed by atoms with van der Waals surface area (Å²) in [5.41, 5.74) is 50.4. The molecule has 50 heteroatoms. The minimum absolute atomic E-state index is 0.0000254. The number of ether oxygens (including phenoxy) is 2. The zero-order chi connectivity index (χ0) is 108. The van der Waals surface area contributed by atoms with Gasteiger partial charge in [-0.1, -0.05) is 0 Å². The first-order valence-electron chi connectivity index (χ1n) is 44.0. The molecule has 22 N–H and O–H groups in total. The maximum Gasteiger partial charge on any atom is 0.251 e. The second kappa shape index (κ2) is 37.6. The van der Waals surface area contributed by atoms with Crippen molar-refractivity contribution in [3.05, 3.63) is 216 Å². The second-order valence-corrected chi connectivity index (χ2v) is 35.3. The molecule has 0 saturated carbocycles. The number of carbonyl (C=O) groups is 20. The van der Waals surface area contributed by atoms with Crippen molar-refractivity contribution < 1.29 is 116 Å². The van der Waals surface area contributed by atoms with Gasteiger partial charge in [0.25, 0.3) is 53.2 Å². The van der Waals surface area contributed by atoms with E-state index >= 15 is 0 Å². The molecule has 5 spiro atoms. The molecule has 2 atom stereocenters. The van der Waals surface area contributed by atoms with Gasteiger partial charge >= 0.3 is 0 Å². The fraction of sp³-hybridized carbons (Fsp3) is 0.172. The van der Waals surface area contributed by atoms with Crippen LogP contribution in [0.5, 0.6) is 23.0 Å². The van der Waals surface area contributed by atoms with Crippen LogP contribution in [0.25, 0.3) is 9.69 Å². The van der Waals surface area contributed by atoms with E-state index in [9.17, 15) is 111 Å². The lowest BCUT2D eigenvalue weighted by Crippen LogP contribution is -2.42. The van der Waals surface area contributed by atoms with Gasteiger partial charge in [0, 0.05) is 64.1 Å². The summed E-state index contributed by atoms with van der Waals surface area (Å²) in [5.74, 6) is -14.9. The third-order valence-electron chi connectivity index (χ3n) is 26.1. The molecule has 20 rings (SSSR count). The Morgan fingerprint density at radius 1 is 0.282 bits per heavy atom. The van der Waals surface area contributed by atoms with Crippen LogP contribution in [0.4, 0.5) is 125 Å². The molecule has 0 unspecified atom stereocenters. The van der Waals surface area contributed by atoms with Gasteiger partial charge in [0.05, 0.1) is 178 Å². The van der Waals surface area contributed by atoms with E-state index in [1.807, 2.05) is 12.1 Å². The van der Waals surface area contributed by atoms with Gasteiger partial charge in [-0.2, -0.15) is 10.5 Å². The van der Waals surface area contributed by atoms with Crippen LogP contribution in [0.1, 0.15) is 75.3 Å². The summed E-state index contributed by atoms with van der Waals surface area (Å²) in [6, 6.07) is 42.4. The van der Waals surface area contributed by atoms with Crippen molar-refractivity contribution in [2.24, 2.45) is 27.1 Å². The van der Waals surface area contributed by atoms with Crippen LogP contribution >= 0.6 is 0 Å². The number of hydrogen-bond acceptors (Lipinski definition) is 38. The van der Waals surface area contributed by atoms with Gasteiger partial charge < -0.3 is 77.0 Å². The number of hydrogen-bond donors (Lipinski definition) is 12. The highest BCUT2D eigenvalue weighted by atomic mass is 16.5. The van der Waals surface area contributed by atoms with Crippen LogP contribution in [-0.4, -0.2) is 153 Å². The first kappa shape index (κ1) is 101. The summed E-state index contributed by atoms with van der Waals surface area (Å²) in [4.78, 5) is 282. The summed E-state index contributed by atoms with van der Waals surface area (Å²) in [7, 11) is 2.75. The van der Waals surface area contributed by atoms with E-state index in [1.54, 1.807) is 0 Å². The van der Waals surface area contributed by atoms with Crippen LogP contribution in [0, 0.1) is 62.9 Å². The molecule has 12 heterocycles. The Morgan fingerprint density at radius 2 is 0.544 bits per heavy atom. The lowest BCUT2D eigenvalue weighted by molar-refractivity contribution is -0.137. The standard InChI is InChI=1S/2C21H14N6O4.C21H20N4O6.C19H16N4O6.C17H14N6O4/c1-25-14-7-13(24)3-5-16(14)27-18(29)9-21(20(27)31)8-17(28)26(19(21)30)15-4-2-12(23)6-11(15)10-22;1-25-16-7-13(3-5-15(16)24)27-18(29)9-21(20(27)31)8-17(28)26(19(21)30)12-2-4-14(23)11(6-12)10-22;1-30-15-7-11(22)3-5-13(15)24-17(26)9-21(19(24)28)10-18(27)25(20(21)29)14-6-4-12(23)8-16(14)31-2;20-11-3-1-9(5-13(11)24)22-15(26)7-19(17(22)28)8-16(27)23(18(19)29)10-2-4-12(21)14(25)6-10;18-9-1-3-11(20-7-9)22-13(24)5-17(15(22)26)6-14(25)23(16(17)27)12-4-2-10(19)8-21-12/h2*2-7H,8-9,23-24H2;3-8H,9-10,22-23H2,1-2H3;1-6,24-25H,7-8,20-21H2;1-4,7-8H,5-6,18-19H2/t2*21-;;;/m00.../s1. The Morgan fingerprint density at radius 3 is 0.866 bits per heavy atom. The highest BCUT2D eigenvalue weighted by Gasteiger charge is 2.70. The molecule has 0 bridgehead atoms. The molecule has 8 aromatic carbocycles. The number of benzene rings is 8. The van der Waals surface area contributed by atoms with Crippen LogP contribution in [0.15, 0.2) is 182 Å². The monoisotopic (exact) mass is 2010 g/mol. The number of nitrogens with two attached hydrogens (primary N) is 10. The number of phenolic OH excluding ortho intramolecular Hbond substituents is 2. The van der Waals surface area contributed by atoms with Crippen molar-refractivity contribution in [2.75, 3.05) is 121 Å². The number of aromatic nitrogens is 2. The number of phenols is 2. The van der Waals surface area contributed by atoms with Crippen LogP contribution in [0.3, 0.4) is 0 Å². The second-order valence-electron chi connectivity index (χ2n) is 35.3. The molecule has 10 fully saturated rings. The van der Waals surface area contributed by atoms with Gasteiger partial charge in [-0.3, -0.25) is 106 Å². The van der Waals surface area contributed by atoms with Gasteiger partial charge in [-0.25, -0.2) is 58.9 Å². The zero-order valence-electron chi connectivity index (χ0n) is 77.7. The van der Waals surface area contributed by atoms with E-state index in [4.69, 9.17) is 85.2 Å². The van der Waals surface area contributed by atoms with Gasteiger partial charge in [0.15, 0.2) is 0 Å². The number of rotatable bonds is 12. The van der Waals surface area contributed by atoms with E-state index in [1.165, 1.54) is 184 Å². The quantitative estimate of drug-likeness (QED) is 0.0265. The third kappa shape index (κ3) is 16.6. The Kier molecular flexibility index (Phi) is 25.4. The summed E-state index contributed by atoms with van der Waals surface area (Å²) < 4.78 is 10.5. The zero-order valence-corrected chi connectivity index (χ0v) is 77.7. The van der Waals surface area contributed by atoms with E-state index in [0.717, 1.165) is 61.1 Å². The van der Waals surface area contributed by atoms with Crippen molar-refractivity contribution in [3.8, 4) is 35.1 Å². The number of pyridine rings is 2. The van der Waals surface area contributed by atoms with E-state index in [-0.39, 0.29) is 137 Å². The van der Waals surface area contributed by atoms with Gasteiger partial charge in [-0.15, -0.1) is 0 Å². The number of nitriles is 2. The Hall–Kier alpha value is -21.4. The summed E-state index contributed by atoms with van der Waals surface area (Å²) in [5, 5.41) is 38.1. The highest BCUT2D eigenvalue weighted by Crippen LogP contribution is 2.55.